The van der Waals surface area contributed by atoms with Gasteiger partial charge in [0.15, 0.2) is 0 Å². The Hall–Kier alpha value is -2.70. The molecule has 2 aromatic carbocycles. The van der Waals surface area contributed by atoms with E-state index in [-0.39, 0.29) is 16.0 Å². The third kappa shape index (κ3) is 4.10. The fourth-order valence-corrected chi connectivity index (χ4v) is 4.75. The third-order valence-electron chi connectivity index (χ3n) is 6.51. The summed E-state index contributed by atoms with van der Waals surface area (Å²) in [5, 5.41) is 8.69. The molecule has 3 nitrogen and oxygen atoms in total. The van der Waals surface area contributed by atoms with Crippen LogP contribution in [0.4, 0.5) is 0 Å². The maximum Gasteiger partial charge on any atom is 0.347 e. The van der Waals surface area contributed by atoms with Crippen molar-refractivity contribution in [1.29, 1.82) is 0 Å². The highest BCUT2D eigenvalue weighted by molar-refractivity contribution is 6.42. The SMILES string of the molecule is CC1(C)CC2(CC2)Oc2c(C3CC3)cc(C#Cc3ccc(/C=C(\Cl)C(=O)O)cc3)cc21. The Kier molecular flexibility index (Phi) is 4.68. The lowest BCUT2D eigenvalue weighted by Crippen LogP contribution is -2.36. The second-order valence-corrected chi connectivity index (χ2v) is 10.1. The maximum absolute atomic E-state index is 10.9. The van der Waals surface area contributed by atoms with Crippen LogP contribution >= 0.6 is 11.6 Å². The Balaban J connectivity index is 1.46. The molecule has 0 radical (unpaired) electrons. The van der Waals surface area contributed by atoms with Crippen molar-refractivity contribution in [3.05, 3.63) is 69.2 Å². The normalized spacial score (nSPS) is 20.3. The number of halogens is 1. The minimum Gasteiger partial charge on any atom is -0.487 e. The van der Waals surface area contributed by atoms with Crippen LogP contribution in [0, 0.1) is 11.8 Å². The number of hydrogen-bond acceptors (Lipinski definition) is 2. The molecule has 1 aliphatic heterocycles. The van der Waals surface area contributed by atoms with Crippen LogP contribution in [-0.4, -0.2) is 16.7 Å². The van der Waals surface area contributed by atoms with Crippen molar-refractivity contribution in [3.8, 4) is 17.6 Å². The van der Waals surface area contributed by atoms with E-state index >= 15 is 0 Å². The van der Waals surface area contributed by atoms with Gasteiger partial charge in [0.1, 0.15) is 16.4 Å². The van der Waals surface area contributed by atoms with E-state index < -0.39 is 5.97 Å². The van der Waals surface area contributed by atoms with Gasteiger partial charge in [-0.1, -0.05) is 49.4 Å². The summed E-state index contributed by atoms with van der Waals surface area (Å²) in [4.78, 5) is 10.9. The van der Waals surface area contributed by atoms with Crippen molar-refractivity contribution in [2.45, 2.75) is 62.9 Å². The van der Waals surface area contributed by atoms with E-state index in [9.17, 15) is 4.79 Å². The Labute approximate surface area is 188 Å². The van der Waals surface area contributed by atoms with Crippen molar-refractivity contribution >= 4 is 23.6 Å². The fourth-order valence-electron chi connectivity index (χ4n) is 4.62. The van der Waals surface area contributed by atoms with Gasteiger partial charge in [-0.05, 0) is 84.9 Å². The predicted molar refractivity (Wildman–Crippen MR) is 123 cm³/mol. The lowest BCUT2D eigenvalue weighted by atomic mass is 9.75. The van der Waals surface area contributed by atoms with Crippen molar-refractivity contribution in [2.24, 2.45) is 0 Å². The monoisotopic (exact) mass is 432 g/mol. The van der Waals surface area contributed by atoms with E-state index in [0.29, 0.717) is 5.92 Å². The molecule has 3 aliphatic rings. The molecule has 2 saturated carbocycles. The van der Waals surface area contributed by atoms with E-state index in [4.69, 9.17) is 21.4 Å². The summed E-state index contributed by atoms with van der Waals surface area (Å²) in [5.41, 5.74) is 5.43. The molecule has 0 unspecified atom stereocenters. The average Bonchev–Trinajstić information content (AvgIpc) is 3.64. The summed E-state index contributed by atoms with van der Waals surface area (Å²) in [6, 6.07) is 11.9. The Morgan fingerprint density at radius 3 is 2.42 bits per heavy atom. The molecule has 1 spiro atoms. The molecule has 0 bridgehead atoms. The van der Waals surface area contributed by atoms with E-state index in [1.165, 1.54) is 42.9 Å². The number of rotatable bonds is 3. The van der Waals surface area contributed by atoms with Crippen LogP contribution < -0.4 is 4.74 Å². The summed E-state index contributed by atoms with van der Waals surface area (Å²) in [7, 11) is 0. The van der Waals surface area contributed by atoms with Crippen LogP contribution in [0.2, 0.25) is 0 Å². The number of benzene rings is 2. The van der Waals surface area contributed by atoms with Crippen LogP contribution in [0.5, 0.6) is 5.75 Å². The lowest BCUT2D eigenvalue weighted by Gasteiger charge is -2.39. The van der Waals surface area contributed by atoms with Gasteiger partial charge in [0.05, 0.1) is 0 Å². The zero-order valence-electron chi connectivity index (χ0n) is 17.8. The molecule has 2 aliphatic carbocycles. The zero-order valence-corrected chi connectivity index (χ0v) is 18.6. The molecular weight excluding hydrogens is 408 g/mol. The molecule has 0 saturated heterocycles. The van der Waals surface area contributed by atoms with Gasteiger partial charge in [-0.25, -0.2) is 4.79 Å². The Morgan fingerprint density at radius 1 is 1.13 bits per heavy atom. The second kappa shape index (κ2) is 7.18. The van der Waals surface area contributed by atoms with Crippen molar-refractivity contribution in [2.75, 3.05) is 0 Å². The largest absolute Gasteiger partial charge is 0.487 e. The summed E-state index contributed by atoms with van der Waals surface area (Å²) >= 11 is 5.70. The van der Waals surface area contributed by atoms with Crippen molar-refractivity contribution in [1.82, 2.24) is 0 Å². The number of carboxylic acids is 1. The number of ether oxygens (including phenoxy) is 1. The minimum absolute atomic E-state index is 0.0765. The lowest BCUT2D eigenvalue weighted by molar-refractivity contribution is -0.131. The first-order chi connectivity index (χ1) is 14.7. The summed E-state index contributed by atoms with van der Waals surface area (Å²) in [6.07, 6.45) is 7.31. The molecule has 158 valence electrons. The molecule has 5 rings (SSSR count). The van der Waals surface area contributed by atoms with Gasteiger partial charge in [-0.15, -0.1) is 0 Å². The Morgan fingerprint density at radius 2 is 1.81 bits per heavy atom. The first kappa shape index (κ1) is 20.2. The first-order valence-electron chi connectivity index (χ1n) is 10.8. The van der Waals surface area contributed by atoms with Crippen molar-refractivity contribution < 1.29 is 14.6 Å². The number of fused-ring (bicyclic) bond motifs is 1. The second-order valence-electron chi connectivity index (χ2n) is 9.73. The molecule has 1 heterocycles. The standard InChI is InChI=1S/C27H25ClO3/c1-26(2)16-27(11-12-27)31-24-21(20-9-10-20)13-19(14-22(24)26)8-5-17-3-6-18(7-4-17)15-23(28)25(29)30/h3-4,6-7,13-15,20H,9-12,16H2,1-2H3,(H,29,30)/b23-15-. The van der Waals surface area contributed by atoms with Crippen molar-refractivity contribution in [3.63, 3.8) is 0 Å². The van der Waals surface area contributed by atoms with Crippen LogP contribution in [0.3, 0.4) is 0 Å². The van der Waals surface area contributed by atoms with Gasteiger partial charge in [-0.3, -0.25) is 0 Å². The van der Waals surface area contributed by atoms with Crippen LogP contribution in [0.1, 0.15) is 79.7 Å². The van der Waals surface area contributed by atoms with E-state index in [2.05, 4.69) is 37.8 Å². The number of carboxylic acid groups (broad SMARTS) is 1. The summed E-state index contributed by atoms with van der Waals surface area (Å²) < 4.78 is 6.57. The molecule has 1 N–H and O–H groups in total. The Bertz CT molecular complexity index is 1150. The van der Waals surface area contributed by atoms with E-state index in [1.807, 2.05) is 24.3 Å². The fraction of sp³-hybridized carbons (Fsp3) is 0.370. The van der Waals surface area contributed by atoms with Gasteiger partial charge in [-0.2, -0.15) is 0 Å². The predicted octanol–water partition coefficient (Wildman–Crippen LogP) is 6.22. The molecule has 0 atom stereocenters. The molecule has 2 aromatic rings. The maximum atomic E-state index is 10.9. The topological polar surface area (TPSA) is 46.5 Å². The molecule has 0 aromatic heterocycles. The number of aliphatic carboxylic acids is 1. The molecule has 4 heteroatoms. The van der Waals surface area contributed by atoms with Crippen LogP contribution in [0.25, 0.3) is 6.08 Å². The molecule has 31 heavy (non-hydrogen) atoms. The number of carbonyl (C=O) groups is 1. The average molecular weight is 433 g/mol. The third-order valence-corrected chi connectivity index (χ3v) is 6.78. The highest BCUT2D eigenvalue weighted by Gasteiger charge is 2.54. The molecule has 2 fully saturated rings. The summed E-state index contributed by atoms with van der Waals surface area (Å²) in [5.74, 6) is 7.20. The quantitative estimate of drug-likeness (QED) is 0.462. The highest BCUT2D eigenvalue weighted by Crippen LogP contribution is 2.58. The number of hydrogen-bond donors (Lipinski definition) is 1. The molecule has 0 amide bonds. The van der Waals surface area contributed by atoms with Gasteiger partial charge in [0.2, 0.25) is 0 Å². The van der Waals surface area contributed by atoms with Crippen LogP contribution in [0.15, 0.2) is 41.4 Å². The first-order valence-corrected chi connectivity index (χ1v) is 11.2. The minimum atomic E-state index is -1.14. The van der Waals surface area contributed by atoms with E-state index in [0.717, 1.165) is 28.9 Å². The van der Waals surface area contributed by atoms with Gasteiger partial charge >= 0.3 is 5.97 Å². The summed E-state index contributed by atoms with van der Waals surface area (Å²) in [6.45, 7) is 4.66. The smallest absolute Gasteiger partial charge is 0.347 e. The van der Waals surface area contributed by atoms with E-state index in [1.54, 1.807) is 0 Å². The van der Waals surface area contributed by atoms with Gasteiger partial charge < -0.3 is 9.84 Å². The zero-order chi connectivity index (χ0) is 21.8. The van der Waals surface area contributed by atoms with Gasteiger partial charge in [0, 0.05) is 16.7 Å². The van der Waals surface area contributed by atoms with Gasteiger partial charge in [0.25, 0.3) is 0 Å². The highest BCUT2D eigenvalue weighted by atomic mass is 35.5. The van der Waals surface area contributed by atoms with Crippen LogP contribution in [-0.2, 0) is 10.2 Å². The molecular formula is C27H25ClO3.